The van der Waals surface area contributed by atoms with Crippen LogP contribution in [0.25, 0.3) is 0 Å². The van der Waals surface area contributed by atoms with Crippen molar-refractivity contribution < 1.29 is 23.5 Å². The molecule has 0 radical (unpaired) electrons. The Bertz CT molecular complexity index is 1460. The first-order valence-electron chi connectivity index (χ1n) is 15.4. The molecule has 1 atom stereocenters. The Morgan fingerprint density at radius 2 is 1.70 bits per heavy atom. The van der Waals surface area contributed by atoms with Crippen molar-refractivity contribution in [2.75, 3.05) is 58.4 Å². The molecular formula is C35H43FN4O4. The Balaban J connectivity index is 1.39. The Hall–Kier alpha value is -4.11. The highest BCUT2D eigenvalue weighted by atomic mass is 19.1. The van der Waals surface area contributed by atoms with E-state index in [1.54, 1.807) is 38.2 Å². The van der Waals surface area contributed by atoms with E-state index >= 15 is 0 Å². The lowest BCUT2D eigenvalue weighted by atomic mass is 9.99. The summed E-state index contributed by atoms with van der Waals surface area (Å²) in [4.78, 5) is 35.2. The topological polar surface area (TPSA) is 65.6 Å². The Morgan fingerprint density at radius 1 is 0.977 bits per heavy atom. The van der Waals surface area contributed by atoms with E-state index in [-0.39, 0.29) is 23.7 Å². The average molecular weight is 603 g/mol. The number of hydrogen-bond donors (Lipinski definition) is 0. The minimum absolute atomic E-state index is 0.0172. The van der Waals surface area contributed by atoms with E-state index in [1.807, 2.05) is 35.2 Å². The number of carbonyl (C=O) groups is 2. The minimum Gasteiger partial charge on any atom is -0.493 e. The third-order valence-electron chi connectivity index (χ3n) is 8.94. The van der Waals surface area contributed by atoms with Crippen molar-refractivity contribution in [3.05, 3.63) is 88.7 Å². The Kier molecular flexibility index (Phi) is 10.0. The van der Waals surface area contributed by atoms with Crippen LogP contribution < -0.4 is 14.4 Å². The average Bonchev–Trinajstić information content (AvgIpc) is 3.38. The summed E-state index contributed by atoms with van der Waals surface area (Å²) in [5.74, 6) is 0.901. The number of likely N-dealkylation sites (N-methyl/N-ethyl adjacent to an activating group) is 1. The van der Waals surface area contributed by atoms with Crippen LogP contribution in [0.3, 0.4) is 0 Å². The van der Waals surface area contributed by atoms with Crippen LogP contribution in [0.1, 0.15) is 59.8 Å². The number of halogens is 1. The zero-order valence-electron chi connectivity index (χ0n) is 26.2. The van der Waals surface area contributed by atoms with Gasteiger partial charge in [0.05, 0.1) is 20.3 Å². The fourth-order valence-corrected chi connectivity index (χ4v) is 6.39. The lowest BCUT2D eigenvalue weighted by molar-refractivity contribution is -0.129. The van der Waals surface area contributed by atoms with Gasteiger partial charge in [-0.3, -0.25) is 9.59 Å². The molecule has 2 aliphatic heterocycles. The van der Waals surface area contributed by atoms with Gasteiger partial charge in [0.25, 0.3) is 5.91 Å². The van der Waals surface area contributed by atoms with Gasteiger partial charge >= 0.3 is 0 Å². The van der Waals surface area contributed by atoms with Gasteiger partial charge in [0.15, 0.2) is 11.5 Å². The van der Waals surface area contributed by atoms with Gasteiger partial charge in [0.1, 0.15) is 5.82 Å². The maximum Gasteiger partial charge on any atom is 0.255 e. The molecule has 2 aliphatic rings. The lowest BCUT2D eigenvalue weighted by Gasteiger charge is -2.36. The molecule has 44 heavy (non-hydrogen) atoms. The Morgan fingerprint density at radius 3 is 2.36 bits per heavy atom. The smallest absolute Gasteiger partial charge is 0.255 e. The van der Waals surface area contributed by atoms with Gasteiger partial charge in [-0.2, -0.15) is 0 Å². The number of fused-ring (bicyclic) bond motifs is 1. The molecule has 2 amide bonds. The Labute approximate surface area is 259 Å². The van der Waals surface area contributed by atoms with Crippen molar-refractivity contribution in [1.82, 2.24) is 14.7 Å². The van der Waals surface area contributed by atoms with Crippen LogP contribution in [0.5, 0.6) is 11.5 Å². The number of piperazine rings is 1. The fraction of sp³-hybridized carbons (Fsp3) is 0.429. The van der Waals surface area contributed by atoms with Gasteiger partial charge in [-0.25, -0.2) is 4.39 Å². The van der Waals surface area contributed by atoms with E-state index in [0.29, 0.717) is 44.0 Å². The molecule has 9 heteroatoms. The van der Waals surface area contributed by atoms with E-state index < -0.39 is 0 Å². The lowest BCUT2D eigenvalue weighted by Crippen LogP contribution is -2.46. The predicted molar refractivity (Wildman–Crippen MR) is 170 cm³/mol. The van der Waals surface area contributed by atoms with Crippen LogP contribution in [-0.4, -0.2) is 80.0 Å². The van der Waals surface area contributed by atoms with Gasteiger partial charge in [0, 0.05) is 69.6 Å². The molecule has 0 bridgehead atoms. The highest BCUT2D eigenvalue weighted by Crippen LogP contribution is 2.40. The predicted octanol–water partition coefficient (Wildman–Crippen LogP) is 5.51. The molecule has 3 aromatic rings. The summed E-state index contributed by atoms with van der Waals surface area (Å²) in [5, 5.41) is 0. The van der Waals surface area contributed by atoms with Crippen molar-refractivity contribution in [3.8, 4) is 11.5 Å². The zero-order chi connectivity index (χ0) is 31.2. The summed E-state index contributed by atoms with van der Waals surface area (Å²) in [5.41, 5.74) is 4.80. The van der Waals surface area contributed by atoms with Crippen LogP contribution in [0.4, 0.5) is 10.1 Å². The molecule has 0 saturated carbocycles. The molecule has 0 spiro atoms. The number of anilines is 1. The summed E-state index contributed by atoms with van der Waals surface area (Å²) in [7, 11) is 3.22. The summed E-state index contributed by atoms with van der Waals surface area (Å²) in [6, 6.07) is 17.9. The SMILES string of the molecule is CCN1CCN(c2cccc3c2CN(C(CCCN(Cc2ccc(F)cc2)C(C)=O)c2ccc(OC)c(OC)c2)C3=O)CC1. The van der Waals surface area contributed by atoms with E-state index in [4.69, 9.17) is 9.47 Å². The molecule has 0 aromatic heterocycles. The van der Waals surface area contributed by atoms with E-state index in [9.17, 15) is 14.0 Å². The van der Waals surface area contributed by atoms with Crippen molar-refractivity contribution in [1.29, 1.82) is 0 Å². The fourth-order valence-electron chi connectivity index (χ4n) is 6.39. The second-order valence-electron chi connectivity index (χ2n) is 11.5. The van der Waals surface area contributed by atoms with Crippen molar-refractivity contribution in [3.63, 3.8) is 0 Å². The highest BCUT2D eigenvalue weighted by molar-refractivity contribution is 6.00. The summed E-state index contributed by atoms with van der Waals surface area (Å²) in [6.45, 7) is 10.1. The van der Waals surface area contributed by atoms with Gasteiger partial charge in [-0.15, -0.1) is 0 Å². The maximum atomic E-state index is 14.0. The second-order valence-corrected chi connectivity index (χ2v) is 11.5. The third kappa shape index (κ3) is 6.83. The van der Waals surface area contributed by atoms with Crippen LogP contribution in [0.2, 0.25) is 0 Å². The zero-order valence-corrected chi connectivity index (χ0v) is 26.2. The quantitative estimate of drug-likeness (QED) is 0.273. The molecule has 8 nitrogen and oxygen atoms in total. The van der Waals surface area contributed by atoms with Crippen LogP contribution in [0.15, 0.2) is 60.7 Å². The van der Waals surface area contributed by atoms with Gasteiger partial charge in [0.2, 0.25) is 5.91 Å². The minimum atomic E-state index is -0.302. The summed E-state index contributed by atoms with van der Waals surface area (Å²) < 4.78 is 24.6. The number of amides is 2. The molecule has 5 rings (SSSR count). The second kappa shape index (κ2) is 14.1. The number of ether oxygens (including phenoxy) is 2. The van der Waals surface area contributed by atoms with E-state index in [0.717, 1.165) is 60.7 Å². The van der Waals surface area contributed by atoms with Gasteiger partial charge < -0.3 is 29.1 Å². The molecule has 234 valence electrons. The molecule has 0 aliphatic carbocycles. The standard InChI is InChI=1S/C35H43FN4O4/c1-5-37-18-20-38(21-19-37)32-9-6-8-29-30(32)24-40(35(29)42)31(27-13-16-33(43-3)34(22-27)44-4)10-7-17-39(25(2)41)23-26-11-14-28(36)15-12-26/h6,8-9,11-16,22,31H,5,7,10,17-21,23-24H2,1-4H3. The molecule has 1 fully saturated rings. The number of benzene rings is 3. The number of carbonyl (C=O) groups excluding carboxylic acids is 2. The molecular weight excluding hydrogens is 559 g/mol. The van der Waals surface area contributed by atoms with Gasteiger partial charge in [-0.1, -0.05) is 31.2 Å². The molecule has 1 saturated heterocycles. The number of hydrogen-bond acceptors (Lipinski definition) is 6. The monoisotopic (exact) mass is 602 g/mol. The highest BCUT2D eigenvalue weighted by Gasteiger charge is 2.36. The van der Waals surface area contributed by atoms with Crippen LogP contribution >= 0.6 is 0 Å². The third-order valence-corrected chi connectivity index (χ3v) is 8.94. The molecule has 1 unspecified atom stereocenters. The maximum absolute atomic E-state index is 14.0. The van der Waals surface area contributed by atoms with Crippen molar-refractivity contribution in [2.24, 2.45) is 0 Å². The number of methoxy groups -OCH3 is 2. The summed E-state index contributed by atoms with van der Waals surface area (Å²) in [6.07, 6.45) is 1.32. The van der Waals surface area contributed by atoms with Crippen molar-refractivity contribution >= 4 is 17.5 Å². The first-order valence-corrected chi connectivity index (χ1v) is 15.4. The largest absolute Gasteiger partial charge is 0.493 e. The van der Waals surface area contributed by atoms with Crippen LogP contribution in [-0.2, 0) is 17.9 Å². The first kappa shape index (κ1) is 31.3. The number of nitrogens with zero attached hydrogens (tertiary/aromatic N) is 4. The van der Waals surface area contributed by atoms with Crippen molar-refractivity contribution in [2.45, 2.75) is 45.8 Å². The molecule has 0 N–H and O–H groups in total. The van der Waals surface area contributed by atoms with E-state index in [2.05, 4.69) is 22.8 Å². The molecule has 2 heterocycles. The molecule has 3 aromatic carbocycles. The number of rotatable bonds is 12. The van der Waals surface area contributed by atoms with Gasteiger partial charge in [-0.05, 0) is 66.9 Å². The van der Waals surface area contributed by atoms with Crippen LogP contribution in [0, 0.1) is 5.82 Å². The normalized spacial score (nSPS) is 15.7. The first-order chi connectivity index (χ1) is 21.3. The summed E-state index contributed by atoms with van der Waals surface area (Å²) >= 11 is 0. The van der Waals surface area contributed by atoms with E-state index in [1.165, 1.54) is 12.1 Å².